The van der Waals surface area contributed by atoms with E-state index in [1.165, 1.54) is 12.3 Å². The minimum Gasteiger partial charge on any atom is -0.380 e. The fraction of sp³-hybridized carbons (Fsp3) is 0.500. The summed E-state index contributed by atoms with van der Waals surface area (Å²) in [4.78, 5) is -1.00. The lowest BCUT2D eigenvalue weighted by Gasteiger charge is -2.11. The normalized spacial score (nSPS) is 16.3. The molecule has 2 rings (SSSR count). The first-order valence-electron chi connectivity index (χ1n) is 6.05. The third kappa shape index (κ3) is 3.17. The van der Waals surface area contributed by atoms with Crippen LogP contribution in [0, 0.1) is 0 Å². The highest BCUT2D eigenvalue weighted by Crippen LogP contribution is 2.47. The molecule has 3 nitrogen and oxygen atoms in total. The maximum atomic E-state index is 12.9. The van der Waals surface area contributed by atoms with E-state index >= 15 is 0 Å². The Morgan fingerprint density at radius 3 is 2.60 bits per heavy atom. The van der Waals surface area contributed by atoms with Gasteiger partial charge in [0.15, 0.2) is 10.6 Å². The first kappa shape index (κ1) is 15.4. The van der Waals surface area contributed by atoms with Crippen molar-refractivity contribution in [3.05, 3.63) is 21.9 Å². The van der Waals surface area contributed by atoms with E-state index in [1.807, 2.05) is 6.08 Å². The van der Waals surface area contributed by atoms with Gasteiger partial charge in [-0.3, -0.25) is 0 Å². The van der Waals surface area contributed by atoms with Crippen molar-refractivity contribution in [3.8, 4) is 5.75 Å². The van der Waals surface area contributed by atoms with E-state index in [-0.39, 0.29) is 11.3 Å². The zero-order chi connectivity index (χ0) is 15.0. The Balaban J connectivity index is 2.51. The second-order valence-corrected chi connectivity index (χ2v) is 7.10. The SMILES string of the molecule is CCS(=O)(=O)Oc1c(C2=CCCC2)csc1C(F)(F)F. The molecule has 0 bridgehead atoms. The molecule has 112 valence electrons. The van der Waals surface area contributed by atoms with Gasteiger partial charge in [-0.25, -0.2) is 0 Å². The van der Waals surface area contributed by atoms with Gasteiger partial charge < -0.3 is 4.18 Å². The number of allylic oxidation sites excluding steroid dienone is 2. The molecule has 1 heterocycles. The monoisotopic (exact) mass is 326 g/mol. The van der Waals surface area contributed by atoms with Crippen LogP contribution in [0.3, 0.4) is 0 Å². The van der Waals surface area contributed by atoms with Crippen molar-refractivity contribution in [2.24, 2.45) is 0 Å². The van der Waals surface area contributed by atoms with Gasteiger partial charge in [0.2, 0.25) is 0 Å². The van der Waals surface area contributed by atoms with Gasteiger partial charge in [0.1, 0.15) is 0 Å². The maximum Gasteiger partial charge on any atom is 0.429 e. The van der Waals surface area contributed by atoms with Crippen molar-refractivity contribution in [2.45, 2.75) is 32.4 Å². The van der Waals surface area contributed by atoms with Crippen LogP contribution in [0.25, 0.3) is 5.57 Å². The average Bonchev–Trinajstić information content (AvgIpc) is 2.95. The average molecular weight is 326 g/mol. The molecule has 0 fully saturated rings. The van der Waals surface area contributed by atoms with E-state index in [4.69, 9.17) is 4.18 Å². The van der Waals surface area contributed by atoms with E-state index in [2.05, 4.69) is 0 Å². The number of rotatable bonds is 4. The van der Waals surface area contributed by atoms with Crippen molar-refractivity contribution in [1.29, 1.82) is 0 Å². The molecule has 0 saturated carbocycles. The molecule has 0 spiro atoms. The molecule has 0 unspecified atom stereocenters. The highest BCUT2D eigenvalue weighted by atomic mass is 32.2. The molecule has 1 aliphatic carbocycles. The summed E-state index contributed by atoms with van der Waals surface area (Å²) in [7, 11) is -4.00. The van der Waals surface area contributed by atoms with Crippen LogP contribution in [0.1, 0.15) is 36.6 Å². The van der Waals surface area contributed by atoms with Gasteiger partial charge in [0.05, 0.1) is 5.75 Å². The van der Waals surface area contributed by atoms with Crippen LogP contribution < -0.4 is 4.18 Å². The lowest BCUT2D eigenvalue weighted by molar-refractivity contribution is -0.135. The van der Waals surface area contributed by atoms with Crippen molar-refractivity contribution in [3.63, 3.8) is 0 Å². The summed E-state index contributed by atoms with van der Waals surface area (Å²) >= 11 is 0.466. The minimum absolute atomic E-state index is 0.247. The molecular formula is C12H13F3O3S2. The Kier molecular flexibility index (Phi) is 4.15. The van der Waals surface area contributed by atoms with E-state index in [1.54, 1.807) is 0 Å². The minimum atomic E-state index is -4.62. The predicted molar refractivity (Wildman–Crippen MR) is 71.2 cm³/mol. The fourth-order valence-corrected chi connectivity index (χ4v) is 3.43. The van der Waals surface area contributed by atoms with Crippen LogP contribution in [0.15, 0.2) is 11.5 Å². The zero-order valence-corrected chi connectivity index (χ0v) is 12.3. The maximum absolute atomic E-state index is 12.9. The largest absolute Gasteiger partial charge is 0.429 e. The molecule has 20 heavy (non-hydrogen) atoms. The third-order valence-corrected chi connectivity index (χ3v) is 5.09. The fourth-order valence-electron chi connectivity index (χ4n) is 1.95. The number of hydrogen-bond acceptors (Lipinski definition) is 4. The van der Waals surface area contributed by atoms with E-state index < -0.39 is 26.9 Å². The molecule has 1 aromatic heterocycles. The molecule has 0 N–H and O–H groups in total. The van der Waals surface area contributed by atoms with E-state index in [0.717, 1.165) is 18.4 Å². The summed E-state index contributed by atoms with van der Waals surface area (Å²) in [6.45, 7) is 1.32. The summed E-state index contributed by atoms with van der Waals surface area (Å²) in [6, 6.07) is 0. The summed E-state index contributed by atoms with van der Waals surface area (Å²) in [5.41, 5.74) is 0.968. The molecule has 1 aromatic rings. The van der Waals surface area contributed by atoms with Crippen LogP contribution in [0.2, 0.25) is 0 Å². The molecule has 0 atom stereocenters. The molecule has 8 heteroatoms. The van der Waals surface area contributed by atoms with Gasteiger partial charge in [0, 0.05) is 10.9 Å². The molecule has 0 aromatic carbocycles. The lowest BCUT2D eigenvalue weighted by atomic mass is 10.1. The Bertz CT molecular complexity index is 627. The standard InChI is InChI=1S/C12H13F3O3S2/c1-2-20(16,17)18-10-9(8-5-3-4-6-8)7-19-11(10)12(13,14)15/h5,7H,2-4,6H2,1H3. The number of alkyl halides is 3. The summed E-state index contributed by atoms with van der Waals surface area (Å²) in [5, 5.41) is 1.32. The molecular weight excluding hydrogens is 313 g/mol. The topological polar surface area (TPSA) is 43.4 Å². The molecule has 0 amide bonds. The molecule has 0 saturated heterocycles. The Morgan fingerprint density at radius 2 is 2.10 bits per heavy atom. The third-order valence-electron chi connectivity index (χ3n) is 2.95. The molecule has 1 aliphatic rings. The second-order valence-electron chi connectivity index (χ2n) is 4.36. The van der Waals surface area contributed by atoms with E-state index in [9.17, 15) is 21.6 Å². The predicted octanol–water partition coefficient (Wildman–Crippen LogP) is 4.06. The quantitative estimate of drug-likeness (QED) is 0.784. The number of hydrogen-bond donors (Lipinski definition) is 0. The van der Waals surface area contributed by atoms with Gasteiger partial charge in [-0.05, 0) is 31.8 Å². The van der Waals surface area contributed by atoms with Crippen LogP contribution in [-0.4, -0.2) is 14.2 Å². The second kappa shape index (κ2) is 5.40. The molecule has 0 aliphatic heterocycles. The highest BCUT2D eigenvalue weighted by Gasteiger charge is 2.39. The van der Waals surface area contributed by atoms with Crippen LogP contribution >= 0.6 is 11.3 Å². The van der Waals surface area contributed by atoms with E-state index in [0.29, 0.717) is 17.8 Å². The Labute approximate surface area is 119 Å². The summed E-state index contributed by atoms with van der Waals surface area (Å²) in [6.07, 6.45) is -0.524. The Hall–Kier alpha value is -1.02. The number of halogens is 3. The van der Waals surface area contributed by atoms with Crippen molar-refractivity contribution in [2.75, 3.05) is 5.75 Å². The van der Waals surface area contributed by atoms with Crippen LogP contribution in [-0.2, 0) is 16.3 Å². The van der Waals surface area contributed by atoms with Gasteiger partial charge >= 0.3 is 16.3 Å². The first-order chi connectivity index (χ1) is 9.24. The van der Waals surface area contributed by atoms with Crippen LogP contribution in [0.4, 0.5) is 13.2 Å². The smallest absolute Gasteiger partial charge is 0.380 e. The summed E-state index contributed by atoms with van der Waals surface area (Å²) in [5.74, 6) is -0.948. The first-order valence-corrected chi connectivity index (χ1v) is 8.50. The summed E-state index contributed by atoms with van der Waals surface area (Å²) < 4.78 is 66.6. The lowest BCUT2D eigenvalue weighted by Crippen LogP contribution is -2.15. The number of thiophene rings is 1. The van der Waals surface area contributed by atoms with Crippen molar-refractivity contribution >= 4 is 27.0 Å². The van der Waals surface area contributed by atoms with Crippen molar-refractivity contribution in [1.82, 2.24) is 0 Å². The van der Waals surface area contributed by atoms with Gasteiger partial charge in [-0.1, -0.05) is 6.08 Å². The Morgan fingerprint density at radius 1 is 1.40 bits per heavy atom. The zero-order valence-electron chi connectivity index (χ0n) is 10.7. The van der Waals surface area contributed by atoms with Crippen molar-refractivity contribution < 1.29 is 25.8 Å². The van der Waals surface area contributed by atoms with Gasteiger partial charge in [-0.15, -0.1) is 11.3 Å². The van der Waals surface area contributed by atoms with Gasteiger partial charge in [0.25, 0.3) is 0 Å². The van der Waals surface area contributed by atoms with Crippen LogP contribution in [0.5, 0.6) is 5.75 Å². The molecule has 0 radical (unpaired) electrons. The van der Waals surface area contributed by atoms with Gasteiger partial charge in [-0.2, -0.15) is 21.6 Å². The highest BCUT2D eigenvalue weighted by molar-refractivity contribution is 7.87.